The maximum Gasteiger partial charge on any atom is 0.251 e. The molecule has 1 aliphatic heterocycles. The van der Waals surface area contributed by atoms with Crippen LogP contribution in [0.25, 0.3) is 0 Å². The lowest BCUT2D eigenvalue weighted by atomic mass is 10.1. The second kappa shape index (κ2) is 8.00. The fourth-order valence-electron chi connectivity index (χ4n) is 2.58. The number of benzene rings is 1. The van der Waals surface area contributed by atoms with Gasteiger partial charge in [0.1, 0.15) is 11.5 Å². The number of nitrogens with zero attached hydrogens (tertiary/aromatic N) is 1. The van der Waals surface area contributed by atoms with Crippen LogP contribution in [0.5, 0.6) is 11.5 Å². The molecule has 0 saturated carbocycles. The number of amides is 1. The zero-order chi connectivity index (χ0) is 15.9. The number of methoxy groups -OCH3 is 2. The van der Waals surface area contributed by atoms with Gasteiger partial charge in [-0.2, -0.15) is 0 Å². The molecule has 1 aromatic carbocycles. The van der Waals surface area contributed by atoms with E-state index in [1.165, 1.54) is 0 Å². The largest absolute Gasteiger partial charge is 0.496 e. The van der Waals surface area contributed by atoms with Gasteiger partial charge >= 0.3 is 0 Å². The van der Waals surface area contributed by atoms with E-state index >= 15 is 0 Å². The Balaban J connectivity index is 1.94. The van der Waals surface area contributed by atoms with E-state index in [0.717, 1.165) is 38.3 Å². The first kappa shape index (κ1) is 16.6. The molecule has 0 atom stereocenters. The first-order valence-electron chi connectivity index (χ1n) is 7.59. The molecule has 0 bridgehead atoms. The van der Waals surface area contributed by atoms with Crippen molar-refractivity contribution in [2.75, 3.05) is 53.5 Å². The number of carbonyl (C=O) groups excluding carboxylic acids is 1. The Morgan fingerprint density at radius 3 is 2.36 bits per heavy atom. The number of piperazine rings is 1. The van der Waals surface area contributed by atoms with Crippen molar-refractivity contribution in [3.63, 3.8) is 0 Å². The summed E-state index contributed by atoms with van der Waals surface area (Å²) in [6, 6.07) is 3.50. The summed E-state index contributed by atoms with van der Waals surface area (Å²) in [7, 11) is 3.18. The van der Waals surface area contributed by atoms with Crippen molar-refractivity contribution in [1.82, 2.24) is 15.5 Å². The molecule has 0 radical (unpaired) electrons. The maximum atomic E-state index is 12.3. The van der Waals surface area contributed by atoms with Gasteiger partial charge in [-0.1, -0.05) is 0 Å². The van der Waals surface area contributed by atoms with E-state index in [1.54, 1.807) is 26.4 Å². The van der Waals surface area contributed by atoms with Crippen LogP contribution in [0.2, 0.25) is 0 Å². The highest BCUT2D eigenvalue weighted by atomic mass is 16.5. The molecule has 2 N–H and O–H groups in total. The highest BCUT2D eigenvalue weighted by Crippen LogP contribution is 2.29. The second-order valence-corrected chi connectivity index (χ2v) is 5.35. The van der Waals surface area contributed by atoms with Crippen LogP contribution >= 0.6 is 0 Å². The molecule has 1 fully saturated rings. The average Bonchev–Trinajstić information content (AvgIpc) is 2.56. The predicted molar refractivity (Wildman–Crippen MR) is 85.9 cm³/mol. The minimum Gasteiger partial charge on any atom is -0.496 e. The second-order valence-electron chi connectivity index (χ2n) is 5.35. The maximum absolute atomic E-state index is 12.3. The van der Waals surface area contributed by atoms with Crippen molar-refractivity contribution in [1.29, 1.82) is 0 Å². The lowest BCUT2D eigenvalue weighted by Gasteiger charge is -2.27. The molecule has 1 saturated heterocycles. The van der Waals surface area contributed by atoms with Gasteiger partial charge in [-0.3, -0.25) is 9.69 Å². The van der Waals surface area contributed by atoms with Gasteiger partial charge in [-0.05, 0) is 19.1 Å². The molecule has 1 amide bonds. The number of carbonyl (C=O) groups is 1. The summed E-state index contributed by atoms with van der Waals surface area (Å²) in [5, 5.41) is 6.27. The monoisotopic (exact) mass is 307 g/mol. The normalized spacial score (nSPS) is 15.4. The van der Waals surface area contributed by atoms with E-state index < -0.39 is 0 Å². The number of rotatable bonds is 6. The summed E-state index contributed by atoms with van der Waals surface area (Å²) in [6.45, 7) is 7.50. The first-order chi connectivity index (χ1) is 10.7. The molecule has 22 heavy (non-hydrogen) atoms. The van der Waals surface area contributed by atoms with Crippen molar-refractivity contribution >= 4 is 5.91 Å². The lowest BCUT2D eigenvalue weighted by molar-refractivity contribution is 0.0946. The highest BCUT2D eigenvalue weighted by molar-refractivity contribution is 5.95. The van der Waals surface area contributed by atoms with Crippen LogP contribution in [0.15, 0.2) is 12.1 Å². The van der Waals surface area contributed by atoms with Crippen molar-refractivity contribution in [2.45, 2.75) is 6.92 Å². The fourth-order valence-corrected chi connectivity index (χ4v) is 2.58. The van der Waals surface area contributed by atoms with Gasteiger partial charge in [0.15, 0.2) is 0 Å². The molecule has 1 aromatic rings. The molecule has 2 rings (SSSR count). The van der Waals surface area contributed by atoms with E-state index in [-0.39, 0.29) is 5.91 Å². The van der Waals surface area contributed by atoms with Gasteiger partial charge < -0.3 is 20.1 Å². The van der Waals surface area contributed by atoms with Gasteiger partial charge in [-0.25, -0.2) is 0 Å². The van der Waals surface area contributed by atoms with Gasteiger partial charge in [0.05, 0.1) is 14.2 Å². The van der Waals surface area contributed by atoms with Crippen molar-refractivity contribution in [3.8, 4) is 11.5 Å². The van der Waals surface area contributed by atoms with Crippen LogP contribution in [0.1, 0.15) is 15.9 Å². The van der Waals surface area contributed by atoms with Crippen molar-refractivity contribution < 1.29 is 14.3 Å². The lowest BCUT2D eigenvalue weighted by Crippen LogP contribution is -2.46. The van der Waals surface area contributed by atoms with Gasteiger partial charge in [-0.15, -0.1) is 0 Å². The van der Waals surface area contributed by atoms with Crippen LogP contribution in [-0.2, 0) is 0 Å². The molecular weight excluding hydrogens is 282 g/mol. The van der Waals surface area contributed by atoms with Gasteiger partial charge in [0, 0.05) is 50.4 Å². The Morgan fingerprint density at radius 2 is 1.82 bits per heavy atom. The standard InChI is InChI=1S/C16H25N3O3/c1-12-14(21-2)10-13(11-15(12)22-3)16(20)18-6-9-19-7-4-17-5-8-19/h10-11,17H,4-9H2,1-3H3,(H,18,20). The molecule has 6 nitrogen and oxygen atoms in total. The number of hydrogen-bond donors (Lipinski definition) is 2. The number of hydrogen-bond acceptors (Lipinski definition) is 5. The van der Waals surface area contributed by atoms with Crippen LogP contribution in [0.3, 0.4) is 0 Å². The van der Waals surface area contributed by atoms with Crippen LogP contribution in [0.4, 0.5) is 0 Å². The summed E-state index contributed by atoms with van der Waals surface area (Å²) in [5.41, 5.74) is 1.45. The quantitative estimate of drug-likeness (QED) is 0.808. The Bertz CT molecular complexity index is 488. The van der Waals surface area contributed by atoms with E-state index in [1.807, 2.05) is 6.92 Å². The Hall–Kier alpha value is -1.79. The average molecular weight is 307 g/mol. The predicted octanol–water partition coefficient (Wildman–Crippen LogP) is 0.647. The molecule has 0 aromatic heterocycles. The molecule has 0 spiro atoms. The zero-order valence-electron chi connectivity index (χ0n) is 13.6. The van der Waals surface area contributed by atoms with Crippen molar-refractivity contribution in [2.24, 2.45) is 0 Å². The first-order valence-corrected chi connectivity index (χ1v) is 7.59. The van der Waals surface area contributed by atoms with E-state index in [0.29, 0.717) is 23.6 Å². The van der Waals surface area contributed by atoms with Crippen molar-refractivity contribution in [3.05, 3.63) is 23.3 Å². The summed E-state index contributed by atoms with van der Waals surface area (Å²) >= 11 is 0. The number of nitrogens with one attached hydrogen (secondary N) is 2. The van der Waals surface area contributed by atoms with E-state index in [9.17, 15) is 4.79 Å². The van der Waals surface area contributed by atoms with Crippen LogP contribution in [-0.4, -0.2) is 64.3 Å². The van der Waals surface area contributed by atoms with E-state index in [4.69, 9.17) is 9.47 Å². The Kier molecular flexibility index (Phi) is 6.03. The number of ether oxygens (including phenoxy) is 2. The van der Waals surface area contributed by atoms with Gasteiger partial charge in [0.2, 0.25) is 0 Å². The molecule has 1 heterocycles. The summed E-state index contributed by atoms with van der Waals surface area (Å²) in [4.78, 5) is 14.6. The summed E-state index contributed by atoms with van der Waals surface area (Å²) < 4.78 is 10.6. The molecule has 0 aliphatic carbocycles. The van der Waals surface area contributed by atoms with Crippen LogP contribution < -0.4 is 20.1 Å². The molecule has 0 unspecified atom stereocenters. The third kappa shape index (κ3) is 4.11. The third-order valence-electron chi connectivity index (χ3n) is 3.94. The molecular formula is C16H25N3O3. The van der Waals surface area contributed by atoms with E-state index in [2.05, 4.69) is 15.5 Å². The minimum atomic E-state index is -0.105. The SMILES string of the molecule is COc1cc(C(=O)NCCN2CCNCC2)cc(OC)c1C. The summed E-state index contributed by atoms with van der Waals surface area (Å²) in [6.07, 6.45) is 0. The third-order valence-corrected chi connectivity index (χ3v) is 3.94. The Labute approximate surface area is 131 Å². The van der Waals surface area contributed by atoms with Gasteiger partial charge in [0.25, 0.3) is 5.91 Å². The molecule has 122 valence electrons. The smallest absolute Gasteiger partial charge is 0.251 e. The Morgan fingerprint density at radius 1 is 1.23 bits per heavy atom. The summed E-state index contributed by atoms with van der Waals surface area (Å²) in [5.74, 6) is 1.21. The highest BCUT2D eigenvalue weighted by Gasteiger charge is 2.14. The minimum absolute atomic E-state index is 0.105. The zero-order valence-corrected chi connectivity index (χ0v) is 13.6. The fraction of sp³-hybridized carbons (Fsp3) is 0.562. The topological polar surface area (TPSA) is 62.8 Å². The molecule has 1 aliphatic rings. The molecule has 6 heteroatoms. The van der Waals surface area contributed by atoms with Crippen LogP contribution in [0, 0.1) is 6.92 Å².